The molecule has 0 saturated carbocycles. The zero-order chi connectivity index (χ0) is 19.8. The fourth-order valence-electron chi connectivity index (χ4n) is 2.60. The summed E-state index contributed by atoms with van der Waals surface area (Å²) in [6, 6.07) is 16.2. The van der Waals surface area contributed by atoms with E-state index in [1.54, 1.807) is 11.8 Å². The highest BCUT2D eigenvalue weighted by Gasteiger charge is 2.12. The molecule has 0 atom stereocenters. The summed E-state index contributed by atoms with van der Waals surface area (Å²) in [4.78, 5) is 0. The van der Waals surface area contributed by atoms with Gasteiger partial charge in [-0.1, -0.05) is 58.9 Å². The highest BCUT2D eigenvalue weighted by atomic mass is 79.9. The summed E-state index contributed by atoms with van der Waals surface area (Å²) in [7, 11) is 0. The highest BCUT2D eigenvalue weighted by Crippen LogP contribution is 2.24. The molecule has 0 aliphatic carbocycles. The Labute approximate surface area is 178 Å². The van der Waals surface area contributed by atoms with Crippen LogP contribution in [0.3, 0.4) is 0 Å². The topological polar surface area (TPSA) is 52.3 Å². The largest absolute Gasteiger partial charge is 0.493 e. The summed E-state index contributed by atoms with van der Waals surface area (Å²) in [5.74, 6) is 2.50. The monoisotopic (exact) mass is 458 g/mol. The smallest absolute Gasteiger partial charge is 0.212 e. The van der Waals surface area contributed by atoms with Crippen LogP contribution in [0.2, 0.25) is 0 Å². The van der Waals surface area contributed by atoms with E-state index in [1.165, 1.54) is 5.56 Å². The Hall–Kier alpha value is -2.12. The van der Waals surface area contributed by atoms with Gasteiger partial charge >= 0.3 is 0 Å². The Bertz CT molecular complexity index is 924. The molecule has 0 saturated heterocycles. The van der Waals surface area contributed by atoms with Gasteiger partial charge in [0, 0.05) is 22.2 Å². The van der Waals surface area contributed by atoms with E-state index in [0.29, 0.717) is 6.61 Å². The number of benzene rings is 2. The average molecular weight is 459 g/mol. The van der Waals surface area contributed by atoms with Crippen molar-refractivity contribution in [1.82, 2.24) is 14.9 Å². The second-order valence-corrected chi connectivity index (χ2v) is 7.95. The van der Waals surface area contributed by atoms with Crippen LogP contribution in [-0.4, -0.2) is 27.7 Å². The molecule has 7 heteroatoms. The van der Waals surface area contributed by atoms with E-state index < -0.39 is 0 Å². The SMILES string of the molecule is CCCc1nnc(SCc2ccc(Br)cc2)n1/N=C/c1ccccc1OCC. The Balaban J connectivity index is 1.82. The van der Waals surface area contributed by atoms with Gasteiger partial charge in [0.15, 0.2) is 5.82 Å². The van der Waals surface area contributed by atoms with Crippen molar-refractivity contribution in [2.75, 3.05) is 6.61 Å². The van der Waals surface area contributed by atoms with E-state index in [1.807, 2.05) is 54.2 Å². The molecule has 0 bridgehead atoms. The predicted octanol–water partition coefficient (Wildman–Crippen LogP) is 5.57. The minimum absolute atomic E-state index is 0.618. The standard InChI is InChI=1S/C21H23BrN4OS/c1-3-7-20-24-25-21(28-15-16-10-12-18(22)13-11-16)26(20)23-14-17-8-5-6-9-19(17)27-4-2/h5-6,8-14H,3-4,7,15H2,1-2H3/b23-14+. The number of aromatic nitrogens is 3. The zero-order valence-corrected chi connectivity index (χ0v) is 18.4. The number of nitrogens with zero attached hydrogens (tertiary/aromatic N) is 4. The molecule has 0 spiro atoms. The minimum atomic E-state index is 0.618. The van der Waals surface area contributed by atoms with E-state index in [2.05, 4.69) is 50.3 Å². The van der Waals surface area contributed by atoms with Crippen molar-refractivity contribution in [3.63, 3.8) is 0 Å². The van der Waals surface area contributed by atoms with Crippen molar-refractivity contribution in [3.8, 4) is 5.75 Å². The van der Waals surface area contributed by atoms with Crippen molar-refractivity contribution in [1.29, 1.82) is 0 Å². The maximum Gasteiger partial charge on any atom is 0.212 e. The number of para-hydroxylation sites is 1. The van der Waals surface area contributed by atoms with E-state index in [9.17, 15) is 0 Å². The molecule has 28 heavy (non-hydrogen) atoms. The number of thioether (sulfide) groups is 1. The van der Waals surface area contributed by atoms with Crippen LogP contribution in [0.5, 0.6) is 5.75 Å². The lowest BCUT2D eigenvalue weighted by Crippen LogP contribution is -2.01. The highest BCUT2D eigenvalue weighted by molar-refractivity contribution is 9.10. The van der Waals surface area contributed by atoms with Gasteiger partial charge in [0.25, 0.3) is 0 Å². The molecular formula is C21H23BrN4OS. The van der Waals surface area contributed by atoms with E-state index in [-0.39, 0.29) is 0 Å². The van der Waals surface area contributed by atoms with E-state index >= 15 is 0 Å². The Morgan fingerprint density at radius 3 is 2.64 bits per heavy atom. The van der Waals surface area contributed by atoms with Gasteiger partial charge in [-0.25, -0.2) is 0 Å². The van der Waals surface area contributed by atoms with Crippen LogP contribution in [0.15, 0.2) is 63.3 Å². The third kappa shape index (κ3) is 5.45. The van der Waals surface area contributed by atoms with Crippen LogP contribution in [0.4, 0.5) is 0 Å². The third-order valence-electron chi connectivity index (χ3n) is 3.96. The van der Waals surface area contributed by atoms with Gasteiger partial charge in [-0.3, -0.25) is 0 Å². The maximum atomic E-state index is 5.69. The lowest BCUT2D eigenvalue weighted by molar-refractivity contribution is 0.340. The van der Waals surface area contributed by atoms with Crippen molar-refractivity contribution in [2.45, 2.75) is 37.6 Å². The molecule has 0 N–H and O–H groups in total. The number of rotatable bonds is 9. The fourth-order valence-corrected chi connectivity index (χ4v) is 3.73. The van der Waals surface area contributed by atoms with Crippen LogP contribution in [0, 0.1) is 0 Å². The first kappa shape index (κ1) is 20.6. The van der Waals surface area contributed by atoms with Crippen LogP contribution < -0.4 is 4.74 Å². The Morgan fingerprint density at radius 1 is 1.11 bits per heavy atom. The second-order valence-electron chi connectivity index (χ2n) is 6.09. The average Bonchev–Trinajstić information content (AvgIpc) is 3.09. The first-order valence-electron chi connectivity index (χ1n) is 9.29. The normalized spacial score (nSPS) is 11.2. The van der Waals surface area contributed by atoms with Gasteiger partial charge in [0.2, 0.25) is 5.16 Å². The Kier molecular flexibility index (Phi) is 7.68. The molecular weight excluding hydrogens is 436 g/mol. The molecule has 0 unspecified atom stereocenters. The summed E-state index contributed by atoms with van der Waals surface area (Å²) in [5.41, 5.74) is 2.16. The van der Waals surface area contributed by atoms with Crippen LogP contribution in [0.25, 0.3) is 0 Å². The van der Waals surface area contributed by atoms with Crippen molar-refractivity contribution in [3.05, 3.63) is 70.0 Å². The van der Waals surface area contributed by atoms with Gasteiger partial charge in [0.1, 0.15) is 5.75 Å². The number of hydrogen-bond acceptors (Lipinski definition) is 5. The maximum absolute atomic E-state index is 5.69. The first-order chi connectivity index (χ1) is 13.7. The third-order valence-corrected chi connectivity index (χ3v) is 5.48. The number of halogens is 1. The van der Waals surface area contributed by atoms with Gasteiger partial charge in [-0.05, 0) is 43.2 Å². The summed E-state index contributed by atoms with van der Waals surface area (Å²) in [6.07, 6.45) is 3.63. The van der Waals surface area contributed by atoms with Gasteiger partial charge < -0.3 is 4.74 Å². The summed E-state index contributed by atoms with van der Waals surface area (Å²) < 4.78 is 8.61. The quantitative estimate of drug-likeness (QED) is 0.310. The minimum Gasteiger partial charge on any atom is -0.493 e. The summed E-state index contributed by atoms with van der Waals surface area (Å²) in [6.45, 7) is 4.72. The predicted molar refractivity (Wildman–Crippen MR) is 118 cm³/mol. The molecule has 3 rings (SSSR count). The zero-order valence-electron chi connectivity index (χ0n) is 16.0. The molecule has 5 nitrogen and oxygen atoms in total. The first-order valence-corrected chi connectivity index (χ1v) is 11.1. The van der Waals surface area contributed by atoms with Gasteiger partial charge in [-0.15, -0.1) is 10.2 Å². The molecule has 0 fully saturated rings. The lowest BCUT2D eigenvalue weighted by Gasteiger charge is -2.07. The van der Waals surface area contributed by atoms with E-state index in [0.717, 1.165) is 45.4 Å². The molecule has 0 aliphatic rings. The van der Waals surface area contributed by atoms with Gasteiger partial charge in [-0.2, -0.15) is 9.78 Å². The Morgan fingerprint density at radius 2 is 1.89 bits per heavy atom. The molecule has 3 aromatic rings. The van der Waals surface area contributed by atoms with Crippen molar-refractivity contribution >= 4 is 33.9 Å². The molecule has 146 valence electrons. The lowest BCUT2D eigenvalue weighted by atomic mass is 10.2. The van der Waals surface area contributed by atoms with Crippen LogP contribution in [0.1, 0.15) is 37.2 Å². The van der Waals surface area contributed by atoms with Crippen LogP contribution in [-0.2, 0) is 12.2 Å². The number of hydrogen-bond donors (Lipinski definition) is 0. The molecule has 0 aliphatic heterocycles. The molecule has 0 amide bonds. The van der Waals surface area contributed by atoms with Crippen molar-refractivity contribution in [2.24, 2.45) is 5.10 Å². The molecule has 2 aromatic carbocycles. The molecule has 1 heterocycles. The van der Waals surface area contributed by atoms with Gasteiger partial charge in [0.05, 0.1) is 12.8 Å². The molecule has 1 aromatic heterocycles. The van der Waals surface area contributed by atoms with E-state index in [4.69, 9.17) is 4.74 Å². The summed E-state index contributed by atoms with van der Waals surface area (Å²) >= 11 is 5.10. The number of aryl methyl sites for hydroxylation is 1. The second kappa shape index (κ2) is 10.4. The van der Waals surface area contributed by atoms with Crippen molar-refractivity contribution < 1.29 is 4.74 Å². The number of ether oxygens (including phenoxy) is 1. The molecule has 0 radical (unpaired) electrons. The summed E-state index contributed by atoms with van der Waals surface area (Å²) in [5, 5.41) is 14.2. The fraction of sp³-hybridized carbons (Fsp3) is 0.286. The van der Waals surface area contributed by atoms with Crippen LogP contribution >= 0.6 is 27.7 Å².